The van der Waals surface area contributed by atoms with Crippen LogP contribution in [0.2, 0.25) is 0 Å². The van der Waals surface area contributed by atoms with Gasteiger partial charge >= 0.3 is 0 Å². The van der Waals surface area contributed by atoms with Crippen LogP contribution in [0.4, 0.5) is 0 Å². The third kappa shape index (κ3) is 2.23. The molecule has 4 heteroatoms. The summed E-state index contributed by atoms with van der Waals surface area (Å²) in [5.74, 6) is 1.08. The Morgan fingerprint density at radius 3 is 1.76 bits per heavy atom. The third-order valence-electron chi connectivity index (χ3n) is 3.25. The van der Waals surface area contributed by atoms with Crippen LogP contribution < -0.4 is 14.9 Å². The molecular weight excluding hydrogens is 268 g/mol. The SMILES string of the molecule is CCOc1cccc2oc3cccc(OCC)c3c(=O)c12. The highest BCUT2D eigenvalue weighted by atomic mass is 16.5. The second-order valence-electron chi connectivity index (χ2n) is 4.56. The van der Waals surface area contributed by atoms with Crippen LogP contribution in [0.25, 0.3) is 21.9 Å². The summed E-state index contributed by atoms with van der Waals surface area (Å²) in [5.41, 5.74) is 0.915. The molecule has 108 valence electrons. The van der Waals surface area contributed by atoms with Crippen molar-refractivity contribution in [3.05, 3.63) is 46.6 Å². The van der Waals surface area contributed by atoms with Crippen LogP contribution in [0.1, 0.15) is 13.8 Å². The molecule has 0 aliphatic rings. The fourth-order valence-electron chi connectivity index (χ4n) is 2.43. The molecule has 0 saturated heterocycles. The lowest BCUT2D eigenvalue weighted by molar-refractivity contribution is 0.342. The molecule has 0 spiro atoms. The van der Waals surface area contributed by atoms with Crippen molar-refractivity contribution in [3.8, 4) is 11.5 Å². The van der Waals surface area contributed by atoms with Gasteiger partial charge in [-0.25, -0.2) is 0 Å². The van der Waals surface area contributed by atoms with Gasteiger partial charge in [-0.15, -0.1) is 0 Å². The molecule has 1 aromatic heterocycles. The summed E-state index contributed by atoms with van der Waals surface area (Å²) in [7, 11) is 0. The Balaban J connectivity index is 2.43. The summed E-state index contributed by atoms with van der Waals surface area (Å²) >= 11 is 0. The van der Waals surface area contributed by atoms with E-state index in [1.54, 1.807) is 24.3 Å². The molecule has 0 aliphatic carbocycles. The molecule has 1 heterocycles. The fraction of sp³-hybridized carbons (Fsp3) is 0.235. The van der Waals surface area contributed by atoms with Crippen LogP contribution in [0, 0.1) is 0 Å². The molecule has 21 heavy (non-hydrogen) atoms. The fourth-order valence-corrected chi connectivity index (χ4v) is 2.43. The number of fused-ring (bicyclic) bond motifs is 2. The van der Waals surface area contributed by atoms with Crippen molar-refractivity contribution < 1.29 is 13.9 Å². The minimum atomic E-state index is -0.126. The molecule has 0 radical (unpaired) electrons. The predicted octanol–water partition coefficient (Wildman–Crippen LogP) is 3.74. The summed E-state index contributed by atoms with van der Waals surface area (Å²) in [6.07, 6.45) is 0. The first kappa shape index (κ1) is 13.5. The van der Waals surface area contributed by atoms with Gasteiger partial charge in [-0.1, -0.05) is 12.1 Å². The Kier molecular flexibility index (Phi) is 3.52. The Labute approximate surface area is 121 Å². The zero-order valence-electron chi connectivity index (χ0n) is 12.0. The van der Waals surface area contributed by atoms with E-state index >= 15 is 0 Å². The molecule has 0 amide bonds. The van der Waals surface area contributed by atoms with Crippen LogP contribution in [0.5, 0.6) is 11.5 Å². The van der Waals surface area contributed by atoms with Crippen molar-refractivity contribution in [3.63, 3.8) is 0 Å². The number of rotatable bonds is 4. The van der Waals surface area contributed by atoms with Gasteiger partial charge in [-0.2, -0.15) is 0 Å². The highest BCUT2D eigenvalue weighted by Crippen LogP contribution is 2.30. The van der Waals surface area contributed by atoms with E-state index in [4.69, 9.17) is 13.9 Å². The Morgan fingerprint density at radius 2 is 1.33 bits per heavy atom. The number of benzene rings is 2. The average molecular weight is 284 g/mol. The second-order valence-corrected chi connectivity index (χ2v) is 4.56. The number of hydrogen-bond donors (Lipinski definition) is 0. The molecule has 0 fully saturated rings. The molecule has 0 saturated carbocycles. The molecule has 3 rings (SSSR count). The van der Waals surface area contributed by atoms with Crippen molar-refractivity contribution in [1.82, 2.24) is 0 Å². The van der Waals surface area contributed by atoms with E-state index in [0.29, 0.717) is 46.7 Å². The van der Waals surface area contributed by atoms with Gasteiger partial charge < -0.3 is 13.9 Å². The van der Waals surface area contributed by atoms with E-state index in [1.807, 2.05) is 26.0 Å². The van der Waals surface area contributed by atoms with Gasteiger partial charge in [0.1, 0.15) is 33.4 Å². The van der Waals surface area contributed by atoms with Crippen LogP contribution in [-0.4, -0.2) is 13.2 Å². The normalized spacial score (nSPS) is 11.0. The number of hydrogen-bond acceptors (Lipinski definition) is 4. The maximum atomic E-state index is 12.9. The van der Waals surface area contributed by atoms with Crippen LogP contribution in [0.3, 0.4) is 0 Å². The van der Waals surface area contributed by atoms with Gasteiger partial charge in [0.25, 0.3) is 0 Å². The smallest absolute Gasteiger partial charge is 0.208 e. The van der Waals surface area contributed by atoms with Crippen molar-refractivity contribution in [2.24, 2.45) is 0 Å². The number of ether oxygens (including phenoxy) is 2. The van der Waals surface area contributed by atoms with Crippen LogP contribution in [-0.2, 0) is 0 Å². The Bertz CT molecular complexity index is 781. The third-order valence-corrected chi connectivity index (χ3v) is 3.25. The Morgan fingerprint density at radius 1 is 0.857 bits per heavy atom. The van der Waals surface area contributed by atoms with Gasteiger partial charge in [0, 0.05) is 0 Å². The van der Waals surface area contributed by atoms with E-state index in [2.05, 4.69) is 0 Å². The van der Waals surface area contributed by atoms with E-state index in [9.17, 15) is 4.79 Å². The van der Waals surface area contributed by atoms with Crippen LogP contribution >= 0.6 is 0 Å². The molecule has 0 unspecified atom stereocenters. The Hall–Kier alpha value is -2.49. The van der Waals surface area contributed by atoms with Gasteiger partial charge in [-0.3, -0.25) is 4.79 Å². The van der Waals surface area contributed by atoms with Crippen LogP contribution in [0.15, 0.2) is 45.6 Å². The van der Waals surface area contributed by atoms with Gasteiger partial charge in [0.05, 0.1) is 13.2 Å². The largest absolute Gasteiger partial charge is 0.493 e. The zero-order chi connectivity index (χ0) is 14.8. The van der Waals surface area contributed by atoms with Gasteiger partial charge in [-0.05, 0) is 38.1 Å². The highest BCUT2D eigenvalue weighted by molar-refractivity contribution is 5.95. The van der Waals surface area contributed by atoms with E-state index in [1.165, 1.54) is 0 Å². The lowest BCUT2D eigenvalue weighted by atomic mass is 10.1. The lowest BCUT2D eigenvalue weighted by Crippen LogP contribution is -2.07. The summed E-state index contributed by atoms with van der Waals surface area (Å²) in [6, 6.07) is 10.7. The second kappa shape index (κ2) is 5.48. The first-order valence-corrected chi connectivity index (χ1v) is 7.00. The molecule has 0 atom stereocenters. The maximum absolute atomic E-state index is 12.9. The molecule has 3 aromatic rings. The minimum absolute atomic E-state index is 0.126. The summed E-state index contributed by atoms with van der Waals surface area (Å²) in [6.45, 7) is 4.74. The minimum Gasteiger partial charge on any atom is -0.493 e. The topological polar surface area (TPSA) is 48.7 Å². The van der Waals surface area contributed by atoms with E-state index in [-0.39, 0.29) is 5.43 Å². The van der Waals surface area contributed by atoms with Crippen molar-refractivity contribution in [2.45, 2.75) is 13.8 Å². The van der Waals surface area contributed by atoms with Gasteiger partial charge in [0.2, 0.25) is 5.43 Å². The van der Waals surface area contributed by atoms with E-state index in [0.717, 1.165) is 0 Å². The average Bonchev–Trinajstić information content (AvgIpc) is 2.48. The predicted molar refractivity (Wildman–Crippen MR) is 82.3 cm³/mol. The molecule has 0 aliphatic heterocycles. The quantitative estimate of drug-likeness (QED) is 0.685. The first-order chi connectivity index (χ1) is 10.3. The molecule has 2 aromatic carbocycles. The van der Waals surface area contributed by atoms with Crippen molar-refractivity contribution >= 4 is 21.9 Å². The molecule has 0 bridgehead atoms. The van der Waals surface area contributed by atoms with Crippen molar-refractivity contribution in [1.29, 1.82) is 0 Å². The summed E-state index contributed by atoms with van der Waals surface area (Å²) < 4.78 is 16.9. The zero-order valence-corrected chi connectivity index (χ0v) is 12.0. The molecule has 4 nitrogen and oxygen atoms in total. The molecular formula is C17H16O4. The summed E-state index contributed by atoms with van der Waals surface area (Å²) in [4.78, 5) is 12.9. The standard InChI is InChI=1S/C17H16O4/c1-3-19-11-7-5-9-13-15(11)17(18)16-12(20-4-2)8-6-10-14(16)21-13/h5-10H,3-4H2,1-2H3. The van der Waals surface area contributed by atoms with Crippen molar-refractivity contribution in [2.75, 3.05) is 13.2 Å². The highest BCUT2D eigenvalue weighted by Gasteiger charge is 2.15. The first-order valence-electron chi connectivity index (χ1n) is 7.00. The summed E-state index contributed by atoms with van der Waals surface area (Å²) in [5, 5.41) is 0.915. The maximum Gasteiger partial charge on any atom is 0.208 e. The molecule has 0 N–H and O–H groups in total. The lowest BCUT2D eigenvalue weighted by Gasteiger charge is -2.10. The van der Waals surface area contributed by atoms with Gasteiger partial charge in [0.15, 0.2) is 0 Å². The monoisotopic (exact) mass is 284 g/mol. The van der Waals surface area contributed by atoms with E-state index < -0.39 is 0 Å².